The molecule has 8 heteroatoms. The van der Waals surface area contributed by atoms with Crippen molar-refractivity contribution in [3.63, 3.8) is 0 Å². The SMILES string of the molecule is CCc1nc(Cl)c(C)c(N2CCN(CC(F)(F)F)C(C)C2)n1. The van der Waals surface area contributed by atoms with E-state index in [2.05, 4.69) is 9.97 Å². The Morgan fingerprint density at radius 1 is 1.27 bits per heavy atom. The fraction of sp³-hybridized carbons (Fsp3) is 0.714. The number of piperazine rings is 1. The third kappa shape index (κ3) is 4.01. The summed E-state index contributed by atoms with van der Waals surface area (Å²) >= 11 is 6.13. The molecule has 0 aromatic carbocycles. The van der Waals surface area contributed by atoms with Crippen LogP contribution in [0.4, 0.5) is 19.0 Å². The van der Waals surface area contributed by atoms with Gasteiger partial charge in [-0.15, -0.1) is 0 Å². The van der Waals surface area contributed by atoms with Gasteiger partial charge in [0.2, 0.25) is 0 Å². The molecule has 124 valence electrons. The van der Waals surface area contributed by atoms with Gasteiger partial charge in [-0.3, -0.25) is 4.90 Å². The number of aryl methyl sites for hydroxylation is 1. The van der Waals surface area contributed by atoms with Crippen LogP contribution in [0.2, 0.25) is 5.15 Å². The summed E-state index contributed by atoms with van der Waals surface area (Å²) in [4.78, 5) is 12.1. The number of aromatic nitrogens is 2. The fourth-order valence-electron chi connectivity index (χ4n) is 2.64. The third-order valence-corrected chi connectivity index (χ3v) is 4.24. The standard InChI is InChI=1S/C14H20ClF3N4/c1-4-11-19-12(15)10(3)13(20-11)21-5-6-22(9(2)7-21)8-14(16,17)18/h9H,4-8H2,1-3H3. The molecule has 1 unspecified atom stereocenters. The van der Waals surface area contributed by atoms with Crippen molar-refractivity contribution in [2.45, 2.75) is 39.4 Å². The second kappa shape index (κ2) is 6.58. The molecule has 22 heavy (non-hydrogen) atoms. The van der Waals surface area contributed by atoms with E-state index in [0.29, 0.717) is 37.0 Å². The van der Waals surface area contributed by atoms with E-state index < -0.39 is 12.7 Å². The van der Waals surface area contributed by atoms with Crippen LogP contribution in [-0.4, -0.2) is 53.3 Å². The second-order valence-electron chi connectivity index (χ2n) is 5.61. The van der Waals surface area contributed by atoms with Crippen LogP contribution < -0.4 is 4.90 Å². The van der Waals surface area contributed by atoms with Crippen molar-refractivity contribution in [2.24, 2.45) is 0 Å². The highest BCUT2D eigenvalue weighted by molar-refractivity contribution is 6.30. The van der Waals surface area contributed by atoms with E-state index in [-0.39, 0.29) is 6.04 Å². The highest BCUT2D eigenvalue weighted by Gasteiger charge is 2.35. The van der Waals surface area contributed by atoms with Crippen molar-refractivity contribution in [3.8, 4) is 0 Å². The maximum atomic E-state index is 12.6. The number of rotatable bonds is 3. The molecular weight excluding hydrogens is 317 g/mol. The van der Waals surface area contributed by atoms with Crippen molar-refractivity contribution in [3.05, 3.63) is 16.5 Å². The van der Waals surface area contributed by atoms with Crippen LogP contribution >= 0.6 is 11.6 Å². The van der Waals surface area contributed by atoms with Gasteiger partial charge in [0.05, 0.1) is 6.54 Å². The molecule has 0 radical (unpaired) electrons. The zero-order valence-electron chi connectivity index (χ0n) is 12.9. The number of alkyl halides is 3. The average molecular weight is 337 g/mol. The molecule has 1 fully saturated rings. The number of nitrogens with zero attached hydrogens (tertiary/aromatic N) is 4. The van der Waals surface area contributed by atoms with Crippen molar-refractivity contribution in [1.82, 2.24) is 14.9 Å². The molecule has 1 aromatic heterocycles. The second-order valence-corrected chi connectivity index (χ2v) is 5.97. The molecule has 4 nitrogen and oxygen atoms in total. The number of hydrogen-bond acceptors (Lipinski definition) is 4. The summed E-state index contributed by atoms with van der Waals surface area (Å²) in [5, 5.41) is 0.409. The van der Waals surface area contributed by atoms with Gasteiger partial charge in [-0.25, -0.2) is 9.97 Å². The lowest BCUT2D eigenvalue weighted by Crippen LogP contribution is -2.54. The van der Waals surface area contributed by atoms with Gasteiger partial charge in [-0.05, 0) is 13.8 Å². The lowest BCUT2D eigenvalue weighted by Gasteiger charge is -2.41. The molecule has 1 aromatic rings. The minimum absolute atomic E-state index is 0.200. The zero-order chi connectivity index (χ0) is 16.5. The molecule has 1 saturated heterocycles. The number of halogens is 4. The Labute approximate surface area is 133 Å². The Morgan fingerprint density at radius 3 is 2.50 bits per heavy atom. The summed E-state index contributed by atoms with van der Waals surface area (Å²) in [5.74, 6) is 1.38. The van der Waals surface area contributed by atoms with Crippen LogP contribution in [0.25, 0.3) is 0 Å². The van der Waals surface area contributed by atoms with E-state index in [9.17, 15) is 13.2 Å². The minimum atomic E-state index is -4.17. The highest BCUT2D eigenvalue weighted by atomic mass is 35.5. The van der Waals surface area contributed by atoms with Crippen LogP contribution in [0.5, 0.6) is 0 Å². The monoisotopic (exact) mass is 336 g/mol. The van der Waals surface area contributed by atoms with Crippen LogP contribution in [0.15, 0.2) is 0 Å². The van der Waals surface area contributed by atoms with Crippen LogP contribution in [0.3, 0.4) is 0 Å². The predicted octanol–water partition coefficient (Wildman–Crippen LogP) is 3.07. The van der Waals surface area contributed by atoms with E-state index in [1.807, 2.05) is 18.7 Å². The summed E-state index contributed by atoms with van der Waals surface area (Å²) in [6.45, 7) is 6.05. The van der Waals surface area contributed by atoms with Crippen molar-refractivity contribution in [1.29, 1.82) is 0 Å². The fourth-order valence-corrected chi connectivity index (χ4v) is 2.82. The van der Waals surface area contributed by atoms with Crippen molar-refractivity contribution in [2.75, 3.05) is 31.1 Å². The third-order valence-electron chi connectivity index (χ3n) is 3.87. The molecule has 1 aliphatic rings. The highest BCUT2D eigenvalue weighted by Crippen LogP contribution is 2.27. The van der Waals surface area contributed by atoms with Crippen LogP contribution in [0, 0.1) is 6.92 Å². The molecule has 2 rings (SSSR count). The van der Waals surface area contributed by atoms with E-state index in [1.165, 1.54) is 4.90 Å². The first-order chi connectivity index (χ1) is 10.2. The van der Waals surface area contributed by atoms with Crippen LogP contribution in [-0.2, 0) is 6.42 Å². The van der Waals surface area contributed by atoms with Gasteiger partial charge in [-0.2, -0.15) is 13.2 Å². The molecule has 1 atom stereocenters. The predicted molar refractivity (Wildman–Crippen MR) is 80.5 cm³/mol. The summed E-state index contributed by atoms with van der Waals surface area (Å²) in [7, 11) is 0. The largest absolute Gasteiger partial charge is 0.401 e. The molecular formula is C14H20ClF3N4. The van der Waals surface area contributed by atoms with Gasteiger partial charge in [0.15, 0.2) is 0 Å². The van der Waals surface area contributed by atoms with E-state index >= 15 is 0 Å². The molecule has 0 amide bonds. The summed E-state index contributed by atoms with van der Waals surface area (Å²) in [5.41, 5.74) is 0.773. The molecule has 2 heterocycles. The van der Waals surface area contributed by atoms with Gasteiger partial charge in [-0.1, -0.05) is 18.5 Å². The molecule has 0 saturated carbocycles. The Balaban J connectivity index is 2.15. The van der Waals surface area contributed by atoms with Gasteiger partial charge in [0.1, 0.15) is 16.8 Å². The topological polar surface area (TPSA) is 32.3 Å². The van der Waals surface area contributed by atoms with Gasteiger partial charge in [0, 0.05) is 37.7 Å². The van der Waals surface area contributed by atoms with Crippen LogP contribution in [0.1, 0.15) is 25.2 Å². The zero-order valence-corrected chi connectivity index (χ0v) is 13.7. The lowest BCUT2D eigenvalue weighted by atomic mass is 10.1. The van der Waals surface area contributed by atoms with Gasteiger partial charge < -0.3 is 4.90 Å². The lowest BCUT2D eigenvalue weighted by molar-refractivity contribution is -0.150. The first kappa shape index (κ1) is 17.3. The van der Waals surface area contributed by atoms with Gasteiger partial charge >= 0.3 is 6.18 Å². The Morgan fingerprint density at radius 2 is 1.95 bits per heavy atom. The maximum Gasteiger partial charge on any atom is 0.401 e. The van der Waals surface area contributed by atoms with Gasteiger partial charge in [0.25, 0.3) is 0 Å². The summed E-state index contributed by atoms with van der Waals surface area (Å²) in [6, 6.07) is -0.200. The maximum absolute atomic E-state index is 12.6. The van der Waals surface area contributed by atoms with E-state index in [1.54, 1.807) is 6.92 Å². The molecule has 0 bridgehead atoms. The van der Waals surface area contributed by atoms with Crippen molar-refractivity contribution < 1.29 is 13.2 Å². The molecule has 0 N–H and O–H groups in total. The first-order valence-corrected chi connectivity index (χ1v) is 7.67. The Kier molecular flexibility index (Phi) is 5.17. The normalized spacial score (nSPS) is 20.5. The molecule has 0 spiro atoms. The Hall–Kier alpha value is -1.08. The average Bonchev–Trinajstić information content (AvgIpc) is 2.42. The quantitative estimate of drug-likeness (QED) is 0.794. The number of anilines is 1. The van der Waals surface area contributed by atoms with E-state index in [4.69, 9.17) is 11.6 Å². The Bertz CT molecular complexity index is 536. The smallest absolute Gasteiger partial charge is 0.353 e. The van der Waals surface area contributed by atoms with Crippen molar-refractivity contribution >= 4 is 17.4 Å². The van der Waals surface area contributed by atoms with E-state index in [0.717, 1.165) is 11.4 Å². The molecule has 1 aliphatic heterocycles. The summed E-state index contributed by atoms with van der Waals surface area (Å²) in [6.07, 6.45) is -3.50. The minimum Gasteiger partial charge on any atom is -0.353 e. The summed E-state index contributed by atoms with van der Waals surface area (Å²) < 4.78 is 37.7. The first-order valence-electron chi connectivity index (χ1n) is 7.30. The molecule has 0 aliphatic carbocycles. The number of hydrogen-bond donors (Lipinski definition) is 0.